The molecule has 0 radical (unpaired) electrons. The summed E-state index contributed by atoms with van der Waals surface area (Å²) in [6.45, 7) is 2.16. The van der Waals surface area contributed by atoms with Crippen LogP contribution < -0.4 is 4.74 Å². The second-order valence-corrected chi connectivity index (χ2v) is 7.53. The van der Waals surface area contributed by atoms with Gasteiger partial charge in [-0.25, -0.2) is 4.39 Å². The Kier molecular flexibility index (Phi) is 7.20. The maximum Gasteiger partial charge on any atom is 0.573 e. The lowest BCUT2D eigenvalue weighted by molar-refractivity contribution is -0.275. The van der Waals surface area contributed by atoms with Crippen molar-refractivity contribution in [3.05, 3.63) is 77.1 Å². The molecule has 5 heteroatoms. The highest BCUT2D eigenvalue weighted by atomic mass is 19.4. The lowest BCUT2D eigenvalue weighted by Gasteiger charge is -2.27. The van der Waals surface area contributed by atoms with Crippen LogP contribution in [0.3, 0.4) is 0 Å². The summed E-state index contributed by atoms with van der Waals surface area (Å²) >= 11 is 0. The third-order valence-corrected chi connectivity index (χ3v) is 5.46. The molecule has 30 heavy (non-hydrogen) atoms. The summed E-state index contributed by atoms with van der Waals surface area (Å²) in [5.41, 5.74) is 3.07. The van der Waals surface area contributed by atoms with Crippen LogP contribution in [-0.4, -0.2) is 6.36 Å². The highest BCUT2D eigenvalue weighted by molar-refractivity contribution is 5.41. The Morgan fingerprint density at radius 3 is 2.33 bits per heavy atom. The highest BCUT2D eigenvalue weighted by Gasteiger charge is 2.32. The molecule has 0 spiro atoms. The molecule has 1 saturated carbocycles. The first-order chi connectivity index (χ1) is 14.3. The molecule has 0 amide bonds. The quantitative estimate of drug-likeness (QED) is 0.379. The van der Waals surface area contributed by atoms with Gasteiger partial charge < -0.3 is 4.74 Å². The van der Waals surface area contributed by atoms with Crippen LogP contribution in [0.25, 0.3) is 0 Å². The number of aryl methyl sites for hydroxylation is 1. The van der Waals surface area contributed by atoms with Gasteiger partial charge in [0.15, 0.2) is 11.6 Å². The molecule has 1 nitrogen and oxygen atoms in total. The van der Waals surface area contributed by atoms with Crippen molar-refractivity contribution < 1.29 is 22.3 Å². The van der Waals surface area contributed by atoms with Crippen molar-refractivity contribution in [3.8, 4) is 17.6 Å². The van der Waals surface area contributed by atoms with Gasteiger partial charge in [0.05, 0.1) is 0 Å². The number of halogens is 4. The lowest BCUT2D eigenvalue weighted by atomic mass is 9.78. The standard InChI is InChI=1S/C25H24F4O/c1-2-18-7-12-21(13-8-18)22-14-9-19(10-15-22)5-3-4-6-20-11-16-24(23(26)17-20)30-25(27,28)29/h3,5,7-8,11-13,16-17,19,22H,2,9-10,14-15H2,1H3/b5-3+. The molecule has 0 N–H and O–H groups in total. The van der Waals surface area contributed by atoms with Crippen molar-refractivity contribution in [2.75, 3.05) is 0 Å². The third kappa shape index (κ3) is 6.38. The van der Waals surface area contributed by atoms with Crippen molar-refractivity contribution in [2.24, 2.45) is 5.92 Å². The van der Waals surface area contributed by atoms with E-state index < -0.39 is 17.9 Å². The molecule has 2 aromatic rings. The number of alkyl halides is 3. The van der Waals surface area contributed by atoms with Crippen LogP contribution in [0.15, 0.2) is 54.6 Å². The zero-order valence-electron chi connectivity index (χ0n) is 16.8. The minimum Gasteiger partial charge on any atom is -0.403 e. The second kappa shape index (κ2) is 9.84. The summed E-state index contributed by atoms with van der Waals surface area (Å²) in [7, 11) is 0. The maximum absolute atomic E-state index is 13.7. The predicted molar refractivity (Wildman–Crippen MR) is 110 cm³/mol. The molecule has 0 aromatic heterocycles. The molecule has 3 rings (SSSR count). The van der Waals surface area contributed by atoms with E-state index in [4.69, 9.17) is 0 Å². The number of rotatable bonds is 4. The largest absolute Gasteiger partial charge is 0.573 e. The second-order valence-electron chi connectivity index (χ2n) is 7.53. The monoisotopic (exact) mass is 416 g/mol. The fraction of sp³-hybridized carbons (Fsp3) is 0.360. The van der Waals surface area contributed by atoms with Gasteiger partial charge in [-0.1, -0.05) is 49.1 Å². The number of hydrogen-bond donors (Lipinski definition) is 0. The highest BCUT2D eigenvalue weighted by Crippen LogP contribution is 2.36. The summed E-state index contributed by atoms with van der Waals surface area (Å²) in [6, 6.07) is 12.1. The van der Waals surface area contributed by atoms with Gasteiger partial charge in [-0.3, -0.25) is 0 Å². The molecule has 0 aliphatic heterocycles. The SMILES string of the molecule is CCc1ccc(C2CCC(/C=C/C#Cc3ccc(OC(F)(F)F)c(F)c3)CC2)cc1. The van der Waals surface area contributed by atoms with E-state index in [1.54, 1.807) is 6.08 Å². The Morgan fingerprint density at radius 1 is 1.03 bits per heavy atom. The first-order valence-electron chi connectivity index (χ1n) is 10.2. The molecule has 1 aliphatic rings. The van der Waals surface area contributed by atoms with Crippen LogP contribution in [0, 0.1) is 23.6 Å². The Morgan fingerprint density at radius 2 is 1.73 bits per heavy atom. The Labute approximate surface area is 174 Å². The van der Waals surface area contributed by atoms with Gasteiger partial charge in [0, 0.05) is 5.56 Å². The van der Waals surface area contributed by atoms with Crippen molar-refractivity contribution >= 4 is 0 Å². The summed E-state index contributed by atoms with van der Waals surface area (Å²) in [4.78, 5) is 0. The molecule has 1 aliphatic carbocycles. The van der Waals surface area contributed by atoms with Gasteiger partial charge in [0.1, 0.15) is 0 Å². The fourth-order valence-corrected chi connectivity index (χ4v) is 3.77. The van der Waals surface area contributed by atoms with E-state index in [9.17, 15) is 17.6 Å². The first kappa shape index (κ1) is 22.0. The molecular weight excluding hydrogens is 392 g/mol. The number of ether oxygens (including phenoxy) is 1. The zero-order valence-corrected chi connectivity index (χ0v) is 16.8. The predicted octanol–water partition coefficient (Wildman–Crippen LogP) is 7.17. The summed E-state index contributed by atoms with van der Waals surface area (Å²) in [5.74, 6) is 4.71. The summed E-state index contributed by atoms with van der Waals surface area (Å²) < 4.78 is 53.8. The maximum atomic E-state index is 13.7. The fourth-order valence-electron chi connectivity index (χ4n) is 3.77. The van der Waals surface area contributed by atoms with Crippen molar-refractivity contribution in [3.63, 3.8) is 0 Å². The van der Waals surface area contributed by atoms with E-state index in [-0.39, 0.29) is 0 Å². The van der Waals surface area contributed by atoms with Crippen LogP contribution in [-0.2, 0) is 6.42 Å². The van der Waals surface area contributed by atoms with Crippen LogP contribution in [0.4, 0.5) is 17.6 Å². The van der Waals surface area contributed by atoms with E-state index in [1.807, 2.05) is 0 Å². The summed E-state index contributed by atoms with van der Waals surface area (Å²) in [6.07, 6.45) is 4.41. The minimum atomic E-state index is -4.92. The molecule has 0 unspecified atom stereocenters. The van der Waals surface area contributed by atoms with Crippen LogP contribution in [0.1, 0.15) is 55.2 Å². The van der Waals surface area contributed by atoms with Gasteiger partial charge in [-0.15, -0.1) is 13.2 Å². The first-order valence-corrected chi connectivity index (χ1v) is 10.2. The van der Waals surface area contributed by atoms with Crippen molar-refractivity contribution in [1.29, 1.82) is 0 Å². The van der Waals surface area contributed by atoms with Crippen molar-refractivity contribution in [1.82, 2.24) is 0 Å². The van der Waals surface area contributed by atoms with E-state index in [1.165, 1.54) is 17.2 Å². The Balaban J connectivity index is 1.51. The number of allylic oxidation sites excluding steroid dienone is 2. The average Bonchev–Trinajstić information content (AvgIpc) is 2.73. The van der Waals surface area contributed by atoms with E-state index in [0.29, 0.717) is 17.4 Å². The topological polar surface area (TPSA) is 9.23 Å². The summed E-state index contributed by atoms with van der Waals surface area (Å²) in [5, 5.41) is 0. The third-order valence-electron chi connectivity index (χ3n) is 5.46. The van der Waals surface area contributed by atoms with E-state index >= 15 is 0 Å². The smallest absolute Gasteiger partial charge is 0.403 e. The van der Waals surface area contributed by atoms with Gasteiger partial charge in [-0.2, -0.15) is 0 Å². The molecule has 0 atom stereocenters. The molecule has 1 fully saturated rings. The molecular formula is C25H24F4O. The van der Waals surface area contributed by atoms with E-state index in [0.717, 1.165) is 44.2 Å². The molecule has 2 aromatic carbocycles. The normalized spacial score (nSPS) is 19.4. The molecule has 0 bridgehead atoms. The van der Waals surface area contributed by atoms with Crippen LogP contribution in [0.2, 0.25) is 0 Å². The minimum absolute atomic E-state index is 0.297. The zero-order chi connectivity index (χ0) is 21.6. The van der Waals surface area contributed by atoms with Crippen LogP contribution >= 0.6 is 0 Å². The molecule has 158 valence electrons. The van der Waals surface area contributed by atoms with Gasteiger partial charge in [0.2, 0.25) is 0 Å². The number of benzene rings is 2. The van der Waals surface area contributed by atoms with Gasteiger partial charge >= 0.3 is 6.36 Å². The van der Waals surface area contributed by atoms with Crippen molar-refractivity contribution in [2.45, 2.75) is 51.3 Å². The Hall–Kier alpha value is -2.74. The number of hydrogen-bond acceptors (Lipinski definition) is 1. The average molecular weight is 416 g/mol. The van der Waals surface area contributed by atoms with Gasteiger partial charge in [0.25, 0.3) is 0 Å². The van der Waals surface area contributed by atoms with Crippen LogP contribution in [0.5, 0.6) is 5.75 Å². The van der Waals surface area contributed by atoms with Gasteiger partial charge in [-0.05, 0) is 79.3 Å². The van der Waals surface area contributed by atoms with E-state index in [2.05, 4.69) is 53.8 Å². The lowest BCUT2D eigenvalue weighted by Crippen LogP contribution is -2.17. The Bertz CT molecular complexity index is 924. The molecule has 0 saturated heterocycles. The molecule has 0 heterocycles.